The summed E-state index contributed by atoms with van der Waals surface area (Å²) in [7, 11) is 0.150. The lowest BCUT2D eigenvalue weighted by atomic mass is 9.95. The van der Waals surface area contributed by atoms with Gasteiger partial charge < -0.3 is 20.6 Å². The molecule has 1 aromatic carbocycles. The van der Waals surface area contributed by atoms with Crippen LogP contribution in [0.3, 0.4) is 0 Å². The molecule has 208 valence electrons. The molecule has 2 aromatic heterocycles. The van der Waals surface area contributed by atoms with Gasteiger partial charge in [0.1, 0.15) is 23.7 Å². The average Bonchev–Trinajstić information content (AvgIpc) is 3.22. The maximum atomic E-state index is 14.0. The van der Waals surface area contributed by atoms with Crippen LogP contribution in [0, 0.1) is 0 Å². The van der Waals surface area contributed by atoms with E-state index in [4.69, 9.17) is 5.73 Å². The molecule has 15 heteroatoms. The lowest BCUT2D eigenvalue weighted by Crippen LogP contribution is -2.48. The Balaban J connectivity index is 1.68. The number of carbonyl (C=O) groups excluding carboxylic acids is 1. The second-order valence-corrected chi connectivity index (χ2v) is 10.1. The SMILES string of the molecule is CN(C)c1ccc(N([C@H]2CCN([C@H](Cc3cc4ccnc(N)c4cc3C(F)(F)F)C(=O)O)C2=O)[SH](=O)=O)cn1. The lowest BCUT2D eigenvalue weighted by molar-refractivity contribution is -0.149. The van der Waals surface area contributed by atoms with Crippen molar-refractivity contribution in [1.29, 1.82) is 0 Å². The molecule has 0 aliphatic carbocycles. The van der Waals surface area contributed by atoms with E-state index in [2.05, 4.69) is 9.97 Å². The van der Waals surface area contributed by atoms with Crippen LogP contribution in [-0.2, 0) is 33.1 Å². The van der Waals surface area contributed by atoms with Crippen LogP contribution in [0.2, 0.25) is 0 Å². The van der Waals surface area contributed by atoms with Crippen molar-refractivity contribution in [2.45, 2.75) is 31.1 Å². The molecule has 0 unspecified atom stereocenters. The van der Waals surface area contributed by atoms with Gasteiger partial charge in [0.25, 0.3) is 0 Å². The number of benzene rings is 1. The minimum Gasteiger partial charge on any atom is -0.480 e. The number of anilines is 3. The number of nitrogens with two attached hydrogens (primary N) is 1. The van der Waals surface area contributed by atoms with E-state index in [0.29, 0.717) is 11.2 Å². The predicted octanol–water partition coefficient (Wildman–Crippen LogP) is 1.93. The van der Waals surface area contributed by atoms with Gasteiger partial charge in [-0.2, -0.15) is 13.2 Å². The van der Waals surface area contributed by atoms with Crippen molar-refractivity contribution in [3.05, 3.63) is 53.9 Å². The first-order valence-electron chi connectivity index (χ1n) is 11.6. The fourth-order valence-electron chi connectivity index (χ4n) is 4.65. The van der Waals surface area contributed by atoms with Gasteiger partial charge in [0.2, 0.25) is 16.8 Å². The molecule has 1 aliphatic heterocycles. The summed E-state index contributed by atoms with van der Waals surface area (Å²) in [6, 6.07) is 3.51. The second kappa shape index (κ2) is 10.6. The van der Waals surface area contributed by atoms with Crippen molar-refractivity contribution in [2.75, 3.05) is 35.6 Å². The summed E-state index contributed by atoms with van der Waals surface area (Å²) >= 11 is 0. The molecular weight excluding hydrogens is 541 g/mol. The van der Waals surface area contributed by atoms with Gasteiger partial charge in [-0.15, -0.1) is 0 Å². The molecule has 3 aromatic rings. The smallest absolute Gasteiger partial charge is 0.416 e. The van der Waals surface area contributed by atoms with E-state index in [1.54, 1.807) is 25.1 Å². The number of aromatic nitrogens is 2. The number of alkyl halides is 3. The number of halogens is 3. The number of nitrogen functional groups attached to an aromatic ring is 1. The van der Waals surface area contributed by atoms with Crippen molar-refractivity contribution in [3.63, 3.8) is 0 Å². The average molecular weight is 567 g/mol. The van der Waals surface area contributed by atoms with Gasteiger partial charge in [0.05, 0.1) is 17.4 Å². The van der Waals surface area contributed by atoms with E-state index in [0.717, 1.165) is 15.3 Å². The Bertz CT molecular complexity index is 1490. The number of thiol groups is 1. The first-order valence-corrected chi connectivity index (χ1v) is 12.8. The van der Waals surface area contributed by atoms with Crippen LogP contribution < -0.4 is 14.9 Å². The highest BCUT2D eigenvalue weighted by molar-refractivity contribution is 7.74. The van der Waals surface area contributed by atoms with Gasteiger partial charge in [-0.25, -0.2) is 23.2 Å². The highest BCUT2D eigenvalue weighted by Crippen LogP contribution is 2.37. The summed E-state index contributed by atoms with van der Waals surface area (Å²) in [5.41, 5.74) is 4.39. The number of aliphatic carboxylic acids is 1. The van der Waals surface area contributed by atoms with E-state index in [1.807, 2.05) is 0 Å². The standard InChI is InChI=1S/C24H25F3N6O5S/c1-31(2)20-4-3-15(12-30-20)33(39(37)38)18-6-8-32(22(18)34)19(23(35)36)10-14-9-13-5-7-29-21(28)16(13)11-17(14)24(25,26)27/h3-5,7,9,11-12,18-19,39H,6,8,10H2,1-2H3,(H2,28,29)(H,35,36)/t18-,19+/m0/s1. The summed E-state index contributed by atoms with van der Waals surface area (Å²) in [6.07, 6.45) is -2.97. The number of fused-ring (bicyclic) bond motifs is 1. The van der Waals surface area contributed by atoms with Crippen LogP contribution in [-0.4, -0.2) is 73.0 Å². The van der Waals surface area contributed by atoms with Gasteiger partial charge in [-0.3, -0.25) is 9.10 Å². The third kappa shape index (κ3) is 5.53. The number of carboxylic acid groups (broad SMARTS) is 1. The van der Waals surface area contributed by atoms with Gasteiger partial charge in [0.15, 0.2) is 0 Å². The van der Waals surface area contributed by atoms with Gasteiger partial charge >= 0.3 is 12.1 Å². The van der Waals surface area contributed by atoms with Crippen LogP contribution in [0.5, 0.6) is 0 Å². The molecule has 0 radical (unpaired) electrons. The van der Waals surface area contributed by atoms with Gasteiger partial charge in [-0.05, 0) is 41.6 Å². The molecule has 1 fully saturated rings. The zero-order chi connectivity index (χ0) is 28.6. The monoisotopic (exact) mass is 566 g/mol. The second-order valence-electron chi connectivity index (χ2n) is 9.17. The van der Waals surface area contributed by atoms with Crippen molar-refractivity contribution in [2.24, 2.45) is 0 Å². The number of likely N-dealkylation sites (tertiary alicyclic amines) is 1. The Morgan fingerprint density at radius 3 is 2.51 bits per heavy atom. The molecule has 0 bridgehead atoms. The Hall–Kier alpha value is -4.14. The molecule has 1 amide bonds. The Labute approximate surface area is 222 Å². The van der Waals surface area contributed by atoms with Gasteiger partial charge in [0, 0.05) is 38.6 Å². The van der Waals surface area contributed by atoms with E-state index >= 15 is 0 Å². The number of hydrogen-bond donors (Lipinski definition) is 3. The lowest BCUT2D eigenvalue weighted by Gasteiger charge is -2.28. The molecule has 1 aliphatic rings. The maximum Gasteiger partial charge on any atom is 0.416 e. The molecule has 39 heavy (non-hydrogen) atoms. The Kier molecular flexibility index (Phi) is 7.54. The number of hydrogen-bond acceptors (Lipinski definition) is 8. The number of rotatable bonds is 8. The minimum atomic E-state index is -4.84. The van der Waals surface area contributed by atoms with E-state index in [1.165, 1.54) is 30.6 Å². The molecule has 4 rings (SSSR count). The van der Waals surface area contributed by atoms with Crippen molar-refractivity contribution in [1.82, 2.24) is 14.9 Å². The molecule has 0 saturated carbocycles. The zero-order valence-electron chi connectivity index (χ0n) is 20.8. The Morgan fingerprint density at radius 2 is 1.95 bits per heavy atom. The highest BCUT2D eigenvalue weighted by atomic mass is 32.2. The number of pyridine rings is 2. The zero-order valence-corrected chi connectivity index (χ0v) is 21.7. The third-order valence-electron chi connectivity index (χ3n) is 6.54. The van der Waals surface area contributed by atoms with Crippen molar-refractivity contribution >= 4 is 50.9 Å². The van der Waals surface area contributed by atoms with Crippen LogP contribution in [0.25, 0.3) is 10.8 Å². The summed E-state index contributed by atoms with van der Waals surface area (Å²) in [4.78, 5) is 36.2. The predicted molar refractivity (Wildman–Crippen MR) is 138 cm³/mol. The first kappa shape index (κ1) is 27.9. The Morgan fingerprint density at radius 1 is 1.23 bits per heavy atom. The van der Waals surface area contributed by atoms with E-state index in [-0.39, 0.29) is 35.4 Å². The molecule has 1 saturated heterocycles. The van der Waals surface area contributed by atoms with E-state index in [9.17, 15) is 36.3 Å². The quantitative estimate of drug-likeness (QED) is 0.348. The summed E-state index contributed by atoms with van der Waals surface area (Å²) in [5, 5.41) is 10.3. The number of nitrogens with zero attached hydrogens (tertiary/aromatic N) is 5. The summed E-state index contributed by atoms with van der Waals surface area (Å²) < 4.78 is 67.0. The van der Waals surface area contributed by atoms with Crippen molar-refractivity contribution in [3.8, 4) is 0 Å². The minimum absolute atomic E-state index is 0.0570. The summed E-state index contributed by atoms with van der Waals surface area (Å²) in [5.74, 6) is -1.93. The largest absolute Gasteiger partial charge is 0.480 e. The number of carboxylic acids is 1. The highest BCUT2D eigenvalue weighted by Gasteiger charge is 2.44. The molecule has 3 N–H and O–H groups in total. The summed E-state index contributed by atoms with van der Waals surface area (Å²) in [6.45, 7) is -0.171. The van der Waals surface area contributed by atoms with Gasteiger partial charge in [-0.1, -0.05) is 6.07 Å². The number of carbonyl (C=O) groups is 2. The third-order valence-corrected chi connectivity index (χ3v) is 7.40. The molecule has 3 heterocycles. The van der Waals surface area contributed by atoms with Crippen LogP contribution in [0.4, 0.5) is 30.5 Å². The number of amides is 1. The molecule has 0 spiro atoms. The van der Waals surface area contributed by atoms with Crippen molar-refractivity contribution < 1.29 is 36.3 Å². The maximum absolute atomic E-state index is 14.0. The molecule has 11 nitrogen and oxygen atoms in total. The van der Waals surface area contributed by atoms with Crippen LogP contribution in [0.1, 0.15) is 17.5 Å². The van der Waals surface area contributed by atoms with Crippen LogP contribution in [0.15, 0.2) is 42.7 Å². The fourth-order valence-corrected chi connectivity index (χ4v) is 5.40. The normalized spacial score (nSPS) is 16.6. The van der Waals surface area contributed by atoms with Crippen LogP contribution >= 0.6 is 0 Å². The van der Waals surface area contributed by atoms with E-state index < -0.39 is 53.0 Å². The topological polar surface area (TPSA) is 150 Å². The molecular formula is C24H25F3N6O5S. The fraction of sp³-hybridized carbons (Fsp3) is 0.333. The first-order chi connectivity index (χ1) is 18.3. The molecule has 2 atom stereocenters.